The van der Waals surface area contributed by atoms with Crippen LogP contribution in [0.2, 0.25) is 0 Å². The molecule has 1 aromatic carbocycles. The van der Waals surface area contributed by atoms with Gasteiger partial charge in [-0.15, -0.1) is 0 Å². The number of hydrogen-bond acceptors (Lipinski definition) is 5. The van der Waals surface area contributed by atoms with Crippen LogP contribution < -0.4 is 4.90 Å². The first-order chi connectivity index (χ1) is 14.6. The van der Waals surface area contributed by atoms with Gasteiger partial charge in [-0.25, -0.2) is 4.39 Å². The van der Waals surface area contributed by atoms with Gasteiger partial charge in [-0.2, -0.15) is 4.91 Å². The van der Waals surface area contributed by atoms with E-state index in [9.17, 15) is 14.1 Å². The molecule has 160 valence electrons. The molecule has 8 heteroatoms. The molecular weight excluding hydrogens is 385 g/mol. The number of anilines is 1. The smallest absolute Gasteiger partial charge is 0.255 e. The average molecular weight is 413 g/mol. The molecule has 1 amide bonds. The van der Waals surface area contributed by atoms with Gasteiger partial charge in [-0.05, 0) is 49.7 Å². The molecule has 1 saturated heterocycles. The molecule has 3 heterocycles. The van der Waals surface area contributed by atoms with E-state index in [4.69, 9.17) is 0 Å². The number of rotatable bonds is 6. The highest BCUT2D eigenvalue weighted by molar-refractivity contribution is 5.96. The third-order valence-corrected chi connectivity index (χ3v) is 6.22. The maximum absolute atomic E-state index is 13.1. The maximum Gasteiger partial charge on any atom is 0.255 e. The van der Waals surface area contributed by atoms with Gasteiger partial charge in [0.05, 0.1) is 11.3 Å². The molecule has 1 atom stereocenters. The summed E-state index contributed by atoms with van der Waals surface area (Å²) >= 11 is 0. The van der Waals surface area contributed by atoms with Crippen LogP contribution in [0, 0.1) is 10.7 Å². The summed E-state index contributed by atoms with van der Waals surface area (Å²) in [6.45, 7) is 5.89. The van der Waals surface area contributed by atoms with Gasteiger partial charge in [0.2, 0.25) is 0 Å². The van der Waals surface area contributed by atoms with Crippen LogP contribution in [-0.2, 0) is 7.05 Å². The zero-order valence-corrected chi connectivity index (χ0v) is 17.3. The van der Waals surface area contributed by atoms with Gasteiger partial charge in [0.15, 0.2) is 0 Å². The molecule has 1 aromatic heterocycles. The Morgan fingerprint density at radius 3 is 2.47 bits per heavy atom. The van der Waals surface area contributed by atoms with Crippen LogP contribution >= 0.6 is 0 Å². The summed E-state index contributed by atoms with van der Waals surface area (Å²) in [5.41, 5.74) is 2.39. The third-order valence-electron chi connectivity index (χ3n) is 6.22. The minimum absolute atomic E-state index is 0.00196. The van der Waals surface area contributed by atoms with Crippen molar-refractivity contribution in [2.75, 3.05) is 50.7 Å². The Balaban J connectivity index is 1.27. The summed E-state index contributed by atoms with van der Waals surface area (Å²) < 4.78 is 14.9. The summed E-state index contributed by atoms with van der Waals surface area (Å²) in [4.78, 5) is 30.8. The van der Waals surface area contributed by atoms with Gasteiger partial charge in [0.1, 0.15) is 11.9 Å². The van der Waals surface area contributed by atoms with E-state index in [-0.39, 0.29) is 11.7 Å². The Labute approximate surface area is 176 Å². The molecule has 30 heavy (non-hydrogen) atoms. The van der Waals surface area contributed by atoms with Gasteiger partial charge in [-0.3, -0.25) is 9.69 Å². The van der Waals surface area contributed by atoms with Crippen LogP contribution in [0.3, 0.4) is 0 Å². The zero-order chi connectivity index (χ0) is 21.1. The lowest BCUT2D eigenvalue weighted by molar-refractivity contribution is 0.0751. The number of halogens is 1. The number of carbonyl (C=O) groups excluding carboxylic acids is 1. The van der Waals surface area contributed by atoms with Crippen molar-refractivity contribution < 1.29 is 9.18 Å². The summed E-state index contributed by atoms with van der Waals surface area (Å²) in [6, 6.07) is 7.99. The first kappa shape index (κ1) is 20.5. The van der Waals surface area contributed by atoms with Crippen molar-refractivity contribution in [2.45, 2.75) is 18.9 Å². The number of piperazine rings is 1. The fraction of sp³-hybridized carbons (Fsp3) is 0.500. The molecule has 0 aliphatic carbocycles. The van der Waals surface area contributed by atoms with Crippen LogP contribution in [-0.4, -0.2) is 66.1 Å². The predicted octanol–water partition coefficient (Wildman–Crippen LogP) is 3.03. The number of hydrogen-bond donors (Lipinski definition) is 0. The molecule has 1 fully saturated rings. The molecule has 1 unspecified atom stereocenters. The first-order valence-corrected chi connectivity index (χ1v) is 10.6. The zero-order valence-electron chi connectivity index (χ0n) is 17.3. The van der Waals surface area contributed by atoms with Crippen LogP contribution in [0.1, 0.15) is 34.9 Å². The molecule has 0 bridgehead atoms. The van der Waals surface area contributed by atoms with E-state index in [2.05, 4.69) is 15.0 Å². The monoisotopic (exact) mass is 413 g/mol. The Morgan fingerprint density at radius 1 is 1.03 bits per heavy atom. The second-order valence-electron chi connectivity index (χ2n) is 8.09. The van der Waals surface area contributed by atoms with Gasteiger partial charge in [0.25, 0.3) is 5.91 Å². The number of aryl methyl sites for hydroxylation is 1. The molecule has 2 aromatic rings. The molecule has 0 radical (unpaired) electrons. The number of benzene rings is 1. The van der Waals surface area contributed by atoms with Crippen LogP contribution in [0.15, 0.2) is 41.7 Å². The lowest BCUT2D eigenvalue weighted by atomic mass is 10.1. The van der Waals surface area contributed by atoms with Crippen molar-refractivity contribution >= 4 is 11.6 Å². The van der Waals surface area contributed by atoms with Crippen molar-refractivity contribution in [2.24, 2.45) is 12.2 Å². The summed E-state index contributed by atoms with van der Waals surface area (Å²) in [5.74, 6) is -0.212. The number of amides is 1. The van der Waals surface area contributed by atoms with E-state index in [0.717, 1.165) is 50.5 Å². The third kappa shape index (κ3) is 4.23. The summed E-state index contributed by atoms with van der Waals surface area (Å²) in [5, 5.41) is 3.26. The second kappa shape index (κ2) is 8.95. The van der Waals surface area contributed by atoms with Gasteiger partial charge < -0.3 is 14.4 Å². The van der Waals surface area contributed by atoms with E-state index in [0.29, 0.717) is 25.1 Å². The van der Waals surface area contributed by atoms with E-state index in [1.54, 1.807) is 6.07 Å². The standard InChI is InChI=1S/C22H28FN5O2/c1-25-11-7-19-21(25)20(24-30)8-12-28(22(19)29)10-2-9-26-13-15-27(16-14-26)18-5-3-17(23)4-6-18/h3-7,11,20H,2,8-10,12-16H2,1H3. The molecule has 0 spiro atoms. The van der Waals surface area contributed by atoms with Crippen molar-refractivity contribution in [1.82, 2.24) is 14.4 Å². The Morgan fingerprint density at radius 2 is 1.77 bits per heavy atom. The minimum atomic E-state index is -0.464. The number of nitrogens with zero attached hydrogens (tertiary/aromatic N) is 5. The highest BCUT2D eigenvalue weighted by Gasteiger charge is 2.31. The van der Waals surface area contributed by atoms with E-state index >= 15 is 0 Å². The maximum atomic E-state index is 13.1. The first-order valence-electron chi connectivity index (χ1n) is 10.6. The van der Waals surface area contributed by atoms with Crippen LogP contribution in [0.25, 0.3) is 0 Å². The Kier molecular flexibility index (Phi) is 6.13. The topological polar surface area (TPSA) is 61.2 Å². The Hall–Kier alpha value is -2.74. The molecule has 2 aliphatic heterocycles. The SMILES string of the molecule is Cn1ccc2c1C(N=O)CCN(CCCN1CCN(c3ccc(F)cc3)CC1)C2=O. The molecule has 0 N–H and O–H groups in total. The number of fused-ring (bicyclic) bond motifs is 1. The lowest BCUT2D eigenvalue weighted by Gasteiger charge is -2.36. The van der Waals surface area contributed by atoms with Gasteiger partial charge >= 0.3 is 0 Å². The predicted molar refractivity (Wildman–Crippen MR) is 114 cm³/mol. The van der Waals surface area contributed by atoms with Crippen molar-refractivity contribution in [3.63, 3.8) is 0 Å². The number of aromatic nitrogens is 1. The highest BCUT2D eigenvalue weighted by Crippen LogP contribution is 2.30. The minimum Gasteiger partial charge on any atom is -0.369 e. The van der Waals surface area contributed by atoms with Crippen LogP contribution in [0.5, 0.6) is 0 Å². The van der Waals surface area contributed by atoms with E-state index < -0.39 is 6.04 Å². The second-order valence-corrected chi connectivity index (χ2v) is 8.09. The van der Waals surface area contributed by atoms with Crippen molar-refractivity contribution in [3.8, 4) is 0 Å². The molecule has 2 aliphatic rings. The summed E-state index contributed by atoms with van der Waals surface area (Å²) in [7, 11) is 1.85. The Bertz CT molecular complexity index is 889. The molecule has 7 nitrogen and oxygen atoms in total. The fourth-order valence-electron chi connectivity index (χ4n) is 4.51. The van der Waals surface area contributed by atoms with Gasteiger partial charge in [0, 0.05) is 58.2 Å². The quantitative estimate of drug-likeness (QED) is 0.683. The van der Waals surface area contributed by atoms with E-state index in [1.807, 2.05) is 34.8 Å². The van der Waals surface area contributed by atoms with Crippen LogP contribution in [0.4, 0.5) is 10.1 Å². The highest BCUT2D eigenvalue weighted by atomic mass is 19.1. The van der Waals surface area contributed by atoms with E-state index in [1.165, 1.54) is 12.1 Å². The molecule has 4 rings (SSSR count). The lowest BCUT2D eigenvalue weighted by Crippen LogP contribution is -2.47. The summed E-state index contributed by atoms with van der Waals surface area (Å²) in [6.07, 6.45) is 3.28. The fourth-order valence-corrected chi connectivity index (χ4v) is 4.51. The molecular formula is C22H28FN5O2. The average Bonchev–Trinajstić information content (AvgIpc) is 3.08. The normalized spacial score (nSPS) is 20.2. The largest absolute Gasteiger partial charge is 0.369 e. The molecule has 0 saturated carbocycles. The number of carbonyl (C=O) groups is 1. The van der Waals surface area contributed by atoms with Crippen molar-refractivity contribution in [1.29, 1.82) is 0 Å². The number of nitroso groups, excluding NO2 is 1. The van der Waals surface area contributed by atoms with Gasteiger partial charge in [-0.1, -0.05) is 5.18 Å². The van der Waals surface area contributed by atoms with Crippen molar-refractivity contribution in [3.05, 3.63) is 58.5 Å².